The quantitative estimate of drug-likeness (QED) is 0.904. The van der Waals surface area contributed by atoms with Gasteiger partial charge in [0.15, 0.2) is 0 Å². The molecule has 1 heterocycles. The summed E-state index contributed by atoms with van der Waals surface area (Å²) in [5.74, 6) is 0. The van der Waals surface area contributed by atoms with Crippen molar-refractivity contribution in [2.45, 2.75) is 19.4 Å². The van der Waals surface area contributed by atoms with E-state index in [1.807, 2.05) is 42.6 Å². The first-order chi connectivity index (χ1) is 7.66. The zero-order valence-electron chi connectivity index (χ0n) is 8.98. The maximum absolute atomic E-state index is 10.1. The summed E-state index contributed by atoms with van der Waals surface area (Å²) in [6.07, 6.45) is 0.273. The zero-order valence-corrected chi connectivity index (χ0v) is 11.4. The molecule has 1 aromatic carbocycles. The molecular weight excluding hydrogens is 284 g/mol. The lowest BCUT2D eigenvalue weighted by Gasteiger charge is -2.10. The Hall–Kier alpha value is -0.640. The molecule has 0 saturated heterocycles. The number of rotatable bonds is 3. The molecule has 1 aromatic heterocycles. The SMILES string of the molecule is Cc1ccsc1C(O)Cc1cccc(Br)c1. The van der Waals surface area contributed by atoms with Gasteiger partial charge in [0.05, 0.1) is 6.10 Å². The molecule has 1 nitrogen and oxygen atoms in total. The van der Waals surface area contributed by atoms with Crippen molar-refractivity contribution in [1.29, 1.82) is 0 Å². The predicted octanol–water partition coefficient (Wildman–Crippen LogP) is 4.10. The van der Waals surface area contributed by atoms with E-state index in [-0.39, 0.29) is 0 Å². The molecule has 0 fully saturated rings. The van der Waals surface area contributed by atoms with E-state index in [9.17, 15) is 5.11 Å². The van der Waals surface area contributed by atoms with Crippen LogP contribution < -0.4 is 0 Å². The van der Waals surface area contributed by atoms with Gasteiger partial charge < -0.3 is 5.11 Å². The molecule has 0 radical (unpaired) electrons. The van der Waals surface area contributed by atoms with Gasteiger partial charge in [0.25, 0.3) is 0 Å². The number of aliphatic hydroxyl groups excluding tert-OH is 1. The lowest BCUT2D eigenvalue weighted by Crippen LogP contribution is -2.00. The highest BCUT2D eigenvalue weighted by Crippen LogP contribution is 2.27. The van der Waals surface area contributed by atoms with Crippen molar-refractivity contribution in [2.24, 2.45) is 0 Å². The Bertz CT molecular complexity index is 478. The topological polar surface area (TPSA) is 20.2 Å². The first kappa shape index (κ1) is 11.8. The Morgan fingerprint density at radius 1 is 1.38 bits per heavy atom. The molecule has 0 bridgehead atoms. The van der Waals surface area contributed by atoms with Gasteiger partial charge in [0.1, 0.15) is 0 Å². The Labute approximate surface area is 108 Å². The van der Waals surface area contributed by atoms with Crippen LogP contribution >= 0.6 is 27.3 Å². The van der Waals surface area contributed by atoms with Gasteiger partial charge in [-0.15, -0.1) is 11.3 Å². The summed E-state index contributed by atoms with van der Waals surface area (Å²) in [6.45, 7) is 2.04. The maximum Gasteiger partial charge on any atom is 0.0924 e. The second kappa shape index (κ2) is 5.13. The molecule has 0 saturated carbocycles. The monoisotopic (exact) mass is 296 g/mol. The van der Waals surface area contributed by atoms with Crippen molar-refractivity contribution in [3.8, 4) is 0 Å². The maximum atomic E-state index is 10.1. The third kappa shape index (κ3) is 2.73. The first-order valence-electron chi connectivity index (χ1n) is 5.13. The van der Waals surface area contributed by atoms with Crippen LogP contribution in [0.4, 0.5) is 0 Å². The average Bonchev–Trinajstić information content (AvgIpc) is 2.64. The van der Waals surface area contributed by atoms with Crippen molar-refractivity contribution in [2.75, 3.05) is 0 Å². The molecule has 0 aliphatic carbocycles. The van der Waals surface area contributed by atoms with Gasteiger partial charge >= 0.3 is 0 Å². The number of hydrogen-bond donors (Lipinski definition) is 1. The lowest BCUT2D eigenvalue weighted by molar-refractivity contribution is 0.181. The fourth-order valence-electron chi connectivity index (χ4n) is 1.71. The molecule has 84 valence electrons. The van der Waals surface area contributed by atoms with Crippen molar-refractivity contribution >= 4 is 27.3 Å². The summed E-state index contributed by atoms with van der Waals surface area (Å²) in [7, 11) is 0. The Morgan fingerprint density at radius 3 is 2.81 bits per heavy atom. The summed E-state index contributed by atoms with van der Waals surface area (Å²) in [5.41, 5.74) is 2.32. The van der Waals surface area contributed by atoms with Crippen LogP contribution in [0.25, 0.3) is 0 Å². The fraction of sp³-hybridized carbons (Fsp3) is 0.231. The minimum atomic E-state index is -0.394. The molecule has 0 aliphatic heterocycles. The van der Waals surface area contributed by atoms with Gasteiger partial charge in [-0.25, -0.2) is 0 Å². The van der Waals surface area contributed by atoms with Crippen molar-refractivity contribution < 1.29 is 5.11 Å². The van der Waals surface area contributed by atoms with E-state index < -0.39 is 6.10 Å². The van der Waals surface area contributed by atoms with Crippen LogP contribution in [0.1, 0.15) is 22.1 Å². The smallest absolute Gasteiger partial charge is 0.0924 e. The van der Waals surface area contributed by atoms with Crippen molar-refractivity contribution in [3.05, 3.63) is 56.2 Å². The highest BCUT2D eigenvalue weighted by Gasteiger charge is 2.12. The third-order valence-electron chi connectivity index (χ3n) is 2.52. The van der Waals surface area contributed by atoms with Crippen LogP contribution in [-0.4, -0.2) is 5.11 Å². The van der Waals surface area contributed by atoms with Crippen LogP contribution in [0, 0.1) is 6.92 Å². The molecule has 1 unspecified atom stereocenters. The number of aliphatic hydroxyl groups is 1. The fourth-order valence-corrected chi connectivity index (χ4v) is 3.07. The van der Waals surface area contributed by atoms with E-state index in [4.69, 9.17) is 0 Å². The zero-order chi connectivity index (χ0) is 11.5. The van der Waals surface area contributed by atoms with E-state index in [1.54, 1.807) is 11.3 Å². The molecule has 3 heteroatoms. The minimum Gasteiger partial charge on any atom is -0.387 e. The number of aryl methyl sites for hydroxylation is 1. The highest BCUT2D eigenvalue weighted by atomic mass is 79.9. The van der Waals surface area contributed by atoms with Gasteiger partial charge in [-0.3, -0.25) is 0 Å². The largest absolute Gasteiger partial charge is 0.387 e. The van der Waals surface area contributed by atoms with E-state index >= 15 is 0 Å². The highest BCUT2D eigenvalue weighted by molar-refractivity contribution is 9.10. The van der Waals surface area contributed by atoms with Crippen LogP contribution in [0.5, 0.6) is 0 Å². The van der Waals surface area contributed by atoms with E-state index in [0.29, 0.717) is 6.42 Å². The predicted molar refractivity (Wildman–Crippen MR) is 71.9 cm³/mol. The average molecular weight is 297 g/mol. The molecule has 2 aromatic rings. The number of thiophene rings is 1. The second-order valence-electron chi connectivity index (χ2n) is 3.82. The summed E-state index contributed by atoms with van der Waals surface area (Å²) < 4.78 is 1.06. The minimum absolute atomic E-state index is 0.394. The van der Waals surface area contributed by atoms with Gasteiger partial charge in [-0.05, 0) is 41.6 Å². The molecule has 0 amide bonds. The normalized spacial score (nSPS) is 12.7. The standard InChI is InChI=1S/C13H13BrOS/c1-9-5-6-16-13(9)12(15)8-10-3-2-4-11(14)7-10/h2-7,12,15H,8H2,1H3. The van der Waals surface area contributed by atoms with Crippen molar-refractivity contribution in [3.63, 3.8) is 0 Å². The van der Waals surface area contributed by atoms with E-state index in [1.165, 1.54) is 5.56 Å². The number of benzene rings is 1. The van der Waals surface area contributed by atoms with E-state index in [2.05, 4.69) is 15.9 Å². The Balaban J connectivity index is 2.14. The van der Waals surface area contributed by atoms with E-state index in [0.717, 1.165) is 14.9 Å². The third-order valence-corrected chi connectivity index (χ3v) is 4.14. The molecule has 1 atom stereocenters. The summed E-state index contributed by atoms with van der Waals surface area (Å²) in [5, 5.41) is 12.2. The van der Waals surface area contributed by atoms with Gasteiger partial charge in [-0.1, -0.05) is 28.1 Å². The first-order valence-corrected chi connectivity index (χ1v) is 6.80. The molecule has 16 heavy (non-hydrogen) atoms. The Kier molecular flexibility index (Phi) is 3.79. The van der Waals surface area contributed by atoms with Crippen LogP contribution in [-0.2, 0) is 6.42 Å². The lowest BCUT2D eigenvalue weighted by atomic mass is 10.1. The Morgan fingerprint density at radius 2 is 2.19 bits per heavy atom. The van der Waals surface area contributed by atoms with Crippen LogP contribution in [0.2, 0.25) is 0 Å². The van der Waals surface area contributed by atoms with Crippen LogP contribution in [0.3, 0.4) is 0 Å². The van der Waals surface area contributed by atoms with Crippen LogP contribution in [0.15, 0.2) is 40.2 Å². The van der Waals surface area contributed by atoms with Crippen molar-refractivity contribution in [1.82, 2.24) is 0 Å². The molecule has 1 N–H and O–H groups in total. The molecule has 0 spiro atoms. The van der Waals surface area contributed by atoms with Gasteiger partial charge in [-0.2, -0.15) is 0 Å². The summed E-state index contributed by atoms with van der Waals surface area (Å²) >= 11 is 5.06. The molecule has 0 aliphatic rings. The summed E-state index contributed by atoms with van der Waals surface area (Å²) in [6, 6.07) is 10.1. The molecule has 2 rings (SSSR count). The number of hydrogen-bond acceptors (Lipinski definition) is 2. The summed E-state index contributed by atoms with van der Waals surface area (Å²) in [4.78, 5) is 1.07. The second-order valence-corrected chi connectivity index (χ2v) is 5.68. The van der Waals surface area contributed by atoms with Gasteiger partial charge in [0, 0.05) is 15.8 Å². The number of halogens is 1. The van der Waals surface area contributed by atoms with Gasteiger partial charge in [0.2, 0.25) is 0 Å². The molecular formula is C13H13BrOS.